The van der Waals surface area contributed by atoms with E-state index < -0.39 is 11.6 Å². The first-order valence-electron chi connectivity index (χ1n) is 12.1. The Morgan fingerprint density at radius 1 is 1.05 bits per heavy atom. The Bertz CT molecular complexity index is 1590. The third kappa shape index (κ3) is 4.37. The summed E-state index contributed by atoms with van der Waals surface area (Å²) in [6, 6.07) is 7.64. The molecule has 9 nitrogen and oxygen atoms in total. The number of fused-ring (bicyclic) bond motifs is 1. The van der Waals surface area contributed by atoms with Crippen LogP contribution in [0, 0.1) is 11.6 Å². The first-order chi connectivity index (χ1) is 18.0. The van der Waals surface area contributed by atoms with Gasteiger partial charge in [-0.1, -0.05) is 0 Å². The van der Waals surface area contributed by atoms with Gasteiger partial charge < -0.3 is 15.2 Å². The van der Waals surface area contributed by atoms with E-state index in [0.29, 0.717) is 29.1 Å². The molecule has 1 fully saturated rings. The molecule has 1 aliphatic heterocycles. The van der Waals surface area contributed by atoms with Crippen LogP contribution in [0.4, 0.5) is 20.3 Å². The van der Waals surface area contributed by atoms with Gasteiger partial charge in [-0.25, -0.2) is 18.7 Å². The predicted molar refractivity (Wildman–Crippen MR) is 136 cm³/mol. The summed E-state index contributed by atoms with van der Waals surface area (Å²) in [7, 11) is 1.82. The van der Waals surface area contributed by atoms with Crippen LogP contribution in [0.15, 0.2) is 55.2 Å². The lowest BCUT2D eigenvalue weighted by atomic mass is 9.94. The summed E-state index contributed by atoms with van der Waals surface area (Å²) >= 11 is 0. The van der Waals surface area contributed by atoms with Crippen LogP contribution < -0.4 is 10.6 Å². The molecule has 188 valence electrons. The van der Waals surface area contributed by atoms with Crippen molar-refractivity contribution in [2.24, 2.45) is 7.05 Å². The summed E-state index contributed by atoms with van der Waals surface area (Å²) in [5.74, 6) is -1.17. The Balaban J connectivity index is 1.40. The Labute approximate surface area is 211 Å². The highest BCUT2D eigenvalue weighted by molar-refractivity contribution is 5.84. The fourth-order valence-corrected chi connectivity index (χ4v) is 5.02. The zero-order chi connectivity index (χ0) is 25.5. The summed E-state index contributed by atoms with van der Waals surface area (Å²) in [4.78, 5) is 17.1. The minimum Gasteiger partial charge on any atom is -0.382 e. The number of rotatable bonds is 5. The molecule has 5 heterocycles. The van der Waals surface area contributed by atoms with Crippen LogP contribution in [0.2, 0.25) is 0 Å². The van der Waals surface area contributed by atoms with Crippen LogP contribution in [0.3, 0.4) is 0 Å². The normalized spacial score (nSPS) is 16.0. The van der Waals surface area contributed by atoms with Gasteiger partial charge in [-0.15, -0.1) is 0 Å². The fraction of sp³-hybridized carbons (Fsp3) is 0.269. The molecule has 37 heavy (non-hydrogen) atoms. The molecule has 1 aliphatic rings. The molecule has 5 aromatic rings. The monoisotopic (exact) mass is 501 g/mol. The second kappa shape index (κ2) is 9.23. The number of hydrogen-bond acceptors (Lipinski definition) is 7. The van der Waals surface area contributed by atoms with Crippen LogP contribution in [0.1, 0.15) is 30.0 Å². The van der Waals surface area contributed by atoms with E-state index in [1.165, 1.54) is 12.1 Å². The summed E-state index contributed by atoms with van der Waals surface area (Å²) in [5.41, 5.74) is 11.5. The van der Waals surface area contributed by atoms with Gasteiger partial charge in [0.05, 0.1) is 47.9 Å². The number of hydrogen-bond donors (Lipinski definition) is 1. The number of aromatic nitrogens is 7. The molecule has 1 atom stereocenters. The van der Waals surface area contributed by atoms with Crippen molar-refractivity contribution in [3.05, 3.63) is 78.1 Å². The number of anilines is 2. The first-order valence-corrected chi connectivity index (χ1v) is 12.1. The molecule has 1 saturated heterocycles. The highest BCUT2D eigenvalue weighted by Crippen LogP contribution is 2.33. The van der Waals surface area contributed by atoms with Gasteiger partial charge >= 0.3 is 0 Å². The van der Waals surface area contributed by atoms with Gasteiger partial charge in [0.2, 0.25) is 0 Å². The SMILES string of the molecule is Cn1ncc([C@H]2CCCN(c3cnc(-c4ccc(F)c(F)c4)cc3Cn3cnc4c(N)nccc43)C2)n1. The van der Waals surface area contributed by atoms with Crippen LogP contribution >= 0.6 is 0 Å². The van der Waals surface area contributed by atoms with Crippen LogP contribution in [-0.2, 0) is 13.6 Å². The number of nitrogen functional groups attached to an aromatic ring is 1. The van der Waals surface area contributed by atoms with Gasteiger partial charge in [-0.2, -0.15) is 15.0 Å². The van der Waals surface area contributed by atoms with Gasteiger partial charge in [0, 0.05) is 37.8 Å². The highest BCUT2D eigenvalue weighted by atomic mass is 19.2. The minimum atomic E-state index is -0.906. The molecule has 0 saturated carbocycles. The molecule has 6 rings (SSSR count). The zero-order valence-corrected chi connectivity index (χ0v) is 20.2. The predicted octanol–water partition coefficient (Wildman–Crippen LogP) is 3.91. The molecular formula is C26H25F2N9. The second-order valence-electron chi connectivity index (χ2n) is 9.31. The number of imidazole rings is 1. The minimum absolute atomic E-state index is 0.251. The molecule has 1 aromatic carbocycles. The molecule has 0 spiro atoms. The Hall–Kier alpha value is -4.41. The standard InChI is InChI=1S/C26H25F2N9/c1-35-33-11-22(34-35)17-3-2-8-36(13-17)24-12-31-21(16-4-5-19(27)20(28)9-16)10-18(24)14-37-15-32-25-23(37)6-7-30-26(25)29/h4-7,9-12,15,17H,2-3,8,13-14H2,1H3,(H2,29,30)/t17-/m0/s1. The quantitative estimate of drug-likeness (QED) is 0.389. The molecule has 0 bridgehead atoms. The van der Waals surface area contributed by atoms with Crippen LogP contribution in [0.25, 0.3) is 22.3 Å². The first kappa shape index (κ1) is 23.0. The summed E-state index contributed by atoms with van der Waals surface area (Å²) in [5, 5.41) is 8.77. The summed E-state index contributed by atoms with van der Waals surface area (Å²) in [6.45, 7) is 2.14. The van der Waals surface area contributed by atoms with Crippen molar-refractivity contribution in [3.8, 4) is 11.3 Å². The molecule has 2 N–H and O–H groups in total. The average molecular weight is 502 g/mol. The van der Waals surface area contributed by atoms with E-state index in [-0.39, 0.29) is 5.92 Å². The third-order valence-electron chi connectivity index (χ3n) is 6.89. The van der Waals surface area contributed by atoms with Crippen molar-refractivity contribution in [2.45, 2.75) is 25.3 Å². The number of nitrogens with two attached hydrogens (primary N) is 1. The van der Waals surface area contributed by atoms with Crippen molar-refractivity contribution >= 4 is 22.5 Å². The van der Waals surface area contributed by atoms with Crippen LogP contribution in [-0.4, -0.2) is 47.6 Å². The largest absolute Gasteiger partial charge is 0.382 e. The molecule has 4 aromatic heterocycles. The molecule has 0 unspecified atom stereocenters. The number of piperidine rings is 1. The number of pyridine rings is 2. The second-order valence-corrected chi connectivity index (χ2v) is 9.31. The van der Waals surface area contributed by atoms with Gasteiger partial charge in [0.15, 0.2) is 17.5 Å². The molecular weight excluding hydrogens is 476 g/mol. The molecule has 0 radical (unpaired) electrons. The Kier molecular flexibility index (Phi) is 5.74. The fourth-order valence-electron chi connectivity index (χ4n) is 5.02. The lowest BCUT2D eigenvalue weighted by Crippen LogP contribution is -2.35. The van der Waals surface area contributed by atoms with Crippen LogP contribution in [0.5, 0.6) is 0 Å². The number of benzene rings is 1. The topological polar surface area (TPSA) is 104 Å². The number of nitrogens with zero attached hydrogens (tertiary/aromatic N) is 8. The molecule has 0 amide bonds. The van der Waals surface area contributed by atoms with Gasteiger partial charge in [0.25, 0.3) is 0 Å². The van der Waals surface area contributed by atoms with E-state index in [0.717, 1.165) is 54.5 Å². The van der Waals surface area contributed by atoms with Crippen molar-refractivity contribution in [1.29, 1.82) is 0 Å². The third-order valence-corrected chi connectivity index (χ3v) is 6.89. The lowest BCUT2D eigenvalue weighted by Gasteiger charge is -2.34. The maximum Gasteiger partial charge on any atom is 0.159 e. The average Bonchev–Trinajstić information content (AvgIpc) is 3.53. The maximum absolute atomic E-state index is 14.0. The highest BCUT2D eigenvalue weighted by Gasteiger charge is 2.26. The van der Waals surface area contributed by atoms with Gasteiger partial charge in [0.1, 0.15) is 5.52 Å². The van der Waals surface area contributed by atoms with Crippen molar-refractivity contribution in [1.82, 2.24) is 34.5 Å². The number of aryl methyl sites for hydroxylation is 1. The maximum atomic E-state index is 14.0. The van der Waals surface area contributed by atoms with Crippen molar-refractivity contribution < 1.29 is 8.78 Å². The molecule has 11 heteroatoms. The smallest absolute Gasteiger partial charge is 0.159 e. The van der Waals surface area contributed by atoms with Gasteiger partial charge in [-0.3, -0.25) is 4.98 Å². The van der Waals surface area contributed by atoms with E-state index in [1.807, 2.05) is 36.1 Å². The van der Waals surface area contributed by atoms with E-state index >= 15 is 0 Å². The van der Waals surface area contributed by atoms with E-state index in [2.05, 4.69) is 30.0 Å². The Morgan fingerprint density at radius 3 is 2.76 bits per heavy atom. The van der Waals surface area contributed by atoms with Gasteiger partial charge in [-0.05, 0) is 48.7 Å². The van der Waals surface area contributed by atoms with Crippen molar-refractivity contribution in [2.75, 3.05) is 23.7 Å². The number of halogens is 2. The molecule has 0 aliphatic carbocycles. The van der Waals surface area contributed by atoms with E-state index in [1.54, 1.807) is 17.3 Å². The van der Waals surface area contributed by atoms with E-state index in [9.17, 15) is 8.78 Å². The zero-order valence-electron chi connectivity index (χ0n) is 20.2. The lowest BCUT2D eigenvalue weighted by molar-refractivity contribution is 0.493. The Morgan fingerprint density at radius 2 is 1.95 bits per heavy atom. The summed E-state index contributed by atoms with van der Waals surface area (Å²) in [6.07, 6.45) is 9.08. The van der Waals surface area contributed by atoms with Crippen molar-refractivity contribution in [3.63, 3.8) is 0 Å². The summed E-state index contributed by atoms with van der Waals surface area (Å²) < 4.78 is 29.6. The van der Waals surface area contributed by atoms with E-state index in [4.69, 9.17) is 5.73 Å².